The van der Waals surface area contributed by atoms with E-state index < -0.39 is 0 Å². The molecule has 0 fully saturated rings. The Morgan fingerprint density at radius 3 is 2.36 bits per heavy atom. The highest BCUT2D eigenvalue weighted by Crippen LogP contribution is 2.17. The number of anilines is 2. The van der Waals surface area contributed by atoms with Gasteiger partial charge in [-0.3, -0.25) is 4.79 Å². The van der Waals surface area contributed by atoms with Crippen LogP contribution in [0.4, 0.5) is 11.4 Å². The van der Waals surface area contributed by atoms with Crippen LogP contribution in [0.5, 0.6) is 5.75 Å². The van der Waals surface area contributed by atoms with E-state index in [9.17, 15) is 4.79 Å². The highest BCUT2D eigenvalue weighted by molar-refractivity contribution is 5.90. The molecular formula is C24H26N2O2. The fourth-order valence-electron chi connectivity index (χ4n) is 2.98. The van der Waals surface area contributed by atoms with Gasteiger partial charge in [0.25, 0.3) is 0 Å². The van der Waals surface area contributed by atoms with Crippen LogP contribution in [0.15, 0.2) is 78.9 Å². The van der Waals surface area contributed by atoms with Crippen molar-refractivity contribution < 1.29 is 9.53 Å². The third kappa shape index (κ3) is 6.47. The summed E-state index contributed by atoms with van der Waals surface area (Å²) in [4.78, 5) is 12.1. The number of benzene rings is 3. The summed E-state index contributed by atoms with van der Waals surface area (Å²) in [6.07, 6.45) is 3.05. The fraction of sp³-hybridized carbons (Fsp3) is 0.208. The van der Waals surface area contributed by atoms with Gasteiger partial charge >= 0.3 is 0 Å². The van der Waals surface area contributed by atoms with Crippen LogP contribution in [0.2, 0.25) is 0 Å². The van der Waals surface area contributed by atoms with Crippen molar-refractivity contribution in [2.24, 2.45) is 0 Å². The monoisotopic (exact) mass is 374 g/mol. The van der Waals surface area contributed by atoms with Crippen LogP contribution in [-0.4, -0.2) is 12.5 Å². The summed E-state index contributed by atoms with van der Waals surface area (Å²) in [7, 11) is 0. The number of nitrogens with two attached hydrogens (primary N) is 1. The standard InChI is InChI=1S/C24H26N2O2/c25-21-10-4-8-20(18-21)11-16-24(27)26-22-12-14-23(15-13-22)28-17-5-9-19-6-2-1-3-7-19/h1-4,6-8,10,12-15,18H,5,9,11,16-17,25H2,(H,26,27). The van der Waals surface area contributed by atoms with Gasteiger partial charge in [0.15, 0.2) is 0 Å². The minimum absolute atomic E-state index is 0.0149. The van der Waals surface area contributed by atoms with E-state index in [1.807, 2.05) is 54.6 Å². The molecule has 0 saturated heterocycles. The van der Waals surface area contributed by atoms with E-state index in [4.69, 9.17) is 10.5 Å². The van der Waals surface area contributed by atoms with Gasteiger partial charge in [0.05, 0.1) is 6.61 Å². The van der Waals surface area contributed by atoms with Crippen LogP contribution in [0.3, 0.4) is 0 Å². The van der Waals surface area contributed by atoms with Crippen LogP contribution < -0.4 is 15.8 Å². The molecule has 0 bridgehead atoms. The maximum absolute atomic E-state index is 12.1. The number of nitrogens with one attached hydrogen (secondary N) is 1. The molecule has 0 spiro atoms. The van der Waals surface area contributed by atoms with Crippen molar-refractivity contribution in [1.82, 2.24) is 0 Å². The molecule has 144 valence electrons. The highest BCUT2D eigenvalue weighted by Gasteiger charge is 2.04. The van der Waals surface area contributed by atoms with E-state index in [1.165, 1.54) is 5.56 Å². The zero-order chi connectivity index (χ0) is 19.6. The van der Waals surface area contributed by atoms with Gasteiger partial charge in [-0.1, -0.05) is 42.5 Å². The molecule has 28 heavy (non-hydrogen) atoms. The Morgan fingerprint density at radius 2 is 1.61 bits per heavy atom. The Labute approximate surface area is 166 Å². The first-order chi connectivity index (χ1) is 13.7. The minimum Gasteiger partial charge on any atom is -0.494 e. The average Bonchev–Trinajstić information content (AvgIpc) is 2.72. The number of carbonyl (C=O) groups excluding carboxylic acids is 1. The molecule has 3 rings (SSSR count). The van der Waals surface area contributed by atoms with Gasteiger partial charge in [-0.25, -0.2) is 0 Å². The summed E-state index contributed by atoms with van der Waals surface area (Å²) in [6.45, 7) is 0.667. The second-order valence-electron chi connectivity index (χ2n) is 6.76. The molecule has 0 aliphatic heterocycles. The zero-order valence-electron chi connectivity index (χ0n) is 15.9. The molecule has 3 N–H and O–H groups in total. The van der Waals surface area contributed by atoms with Crippen LogP contribution in [-0.2, 0) is 17.6 Å². The van der Waals surface area contributed by atoms with Crippen LogP contribution in [0.1, 0.15) is 24.0 Å². The Balaban J connectivity index is 1.38. The number of carbonyl (C=O) groups is 1. The quantitative estimate of drug-likeness (QED) is 0.416. The number of rotatable bonds is 9. The lowest BCUT2D eigenvalue weighted by atomic mass is 10.1. The average molecular weight is 374 g/mol. The van der Waals surface area contributed by atoms with Crippen molar-refractivity contribution in [3.63, 3.8) is 0 Å². The largest absolute Gasteiger partial charge is 0.494 e. The minimum atomic E-state index is -0.0149. The molecule has 0 unspecified atom stereocenters. The predicted octanol–water partition coefficient (Wildman–Crippen LogP) is 4.85. The first-order valence-corrected chi connectivity index (χ1v) is 9.60. The van der Waals surface area contributed by atoms with Gasteiger partial charge in [-0.2, -0.15) is 0 Å². The summed E-state index contributed by atoms with van der Waals surface area (Å²) in [5.74, 6) is 0.796. The van der Waals surface area contributed by atoms with E-state index in [2.05, 4.69) is 29.6 Å². The van der Waals surface area contributed by atoms with E-state index in [-0.39, 0.29) is 5.91 Å². The number of hydrogen-bond donors (Lipinski definition) is 2. The molecule has 0 atom stereocenters. The second kappa shape index (κ2) is 10.2. The summed E-state index contributed by atoms with van der Waals surface area (Å²) in [5.41, 5.74) is 9.64. The smallest absolute Gasteiger partial charge is 0.224 e. The van der Waals surface area contributed by atoms with Gasteiger partial charge in [0.2, 0.25) is 5.91 Å². The van der Waals surface area contributed by atoms with Crippen molar-refractivity contribution in [3.05, 3.63) is 90.0 Å². The molecule has 0 aliphatic carbocycles. The van der Waals surface area contributed by atoms with Crippen LogP contribution in [0, 0.1) is 0 Å². The van der Waals surface area contributed by atoms with Gasteiger partial charge in [0, 0.05) is 17.8 Å². The topological polar surface area (TPSA) is 64.4 Å². The van der Waals surface area contributed by atoms with E-state index in [1.54, 1.807) is 0 Å². The molecule has 3 aromatic carbocycles. The van der Waals surface area contributed by atoms with Crippen LogP contribution >= 0.6 is 0 Å². The maximum atomic E-state index is 12.1. The van der Waals surface area contributed by atoms with E-state index in [0.717, 1.165) is 35.5 Å². The number of hydrogen-bond acceptors (Lipinski definition) is 3. The van der Waals surface area contributed by atoms with Crippen molar-refractivity contribution in [1.29, 1.82) is 0 Å². The molecule has 0 aromatic heterocycles. The Kier molecular flexibility index (Phi) is 7.08. The first kappa shape index (κ1) is 19.5. The van der Waals surface area contributed by atoms with Crippen molar-refractivity contribution in [2.75, 3.05) is 17.7 Å². The van der Waals surface area contributed by atoms with E-state index >= 15 is 0 Å². The maximum Gasteiger partial charge on any atom is 0.224 e. The van der Waals surface area contributed by atoms with Crippen molar-refractivity contribution in [2.45, 2.75) is 25.7 Å². The van der Waals surface area contributed by atoms with Crippen molar-refractivity contribution >= 4 is 17.3 Å². The number of aryl methyl sites for hydroxylation is 2. The first-order valence-electron chi connectivity index (χ1n) is 9.60. The van der Waals surface area contributed by atoms with Gasteiger partial charge < -0.3 is 15.8 Å². The summed E-state index contributed by atoms with van der Waals surface area (Å²) >= 11 is 0. The third-order valence-electron chi connectivity index (χ3n) is 4.45. The molecule has 0 radical (unpaired) electrons. The predicted molar refractivity (Wildman–Crippen MR) is 115 cm³/mol. The number of nitrogen functional groups attached to an aromatic ring is 1. The van der Waals surface area contributed by atoms with Gasteiger partial charge in [-0.05, 0) is 66.8 Å². The molecular weight excluding hydrogens is 348 g/mol. The van der Waals surface area contributed by atoms with Crippen molar-refractivity contribution in [3.8, 4) is 5.75 Å². The lowest BCUT2D eigenvalue weighted by Gasteiger charge is -2.09. The molecule has 1 amide bonds. The van der Waals surface area contributed by atoms with Gasteiger partial charge in [-0.15, -0.1) is 0 Å². The number of ether oxygens (including phenoxy) is 1. The summed E-state index contributed by atoms with van der Waals surface area (Å²) in [5, 5.41) is 2.92. The lowest BCUT2D eigenvalue weighted by molar-refractivity contribution is -0.116. The highest BCUT2D eigenvalue weighted by atomic mass is 16.5. The molecule has 0 saturated carbocycles. The molecule has 4 nitrogen and oxygen atoms in total. The molecule has 0 aliphatic rings. The Morgan fingerprint density at radius 1 is 0.857 bits per heavy atom. The Bertz CT molecular complexity index is 877. The summed E-state index contributed by atoms with van der Waals surface area (Å²) < 4.78 is 5.78. The van der Waals surface area contributed by atoms with E-state index in [0.29, 0.717) is 19.4 Å². The van der Waals surface area contributed by atoms with Gasteiger partial charge in [0.1, 0.15) is 5.75 Å². The lowest BCUT2D eigenvalue weighted by Crippen LogP contribution is -2.12. The normalized spacial score (nSPS) is 10.4. The molecule has 3 aromatic rings. The van der Waals surface area contributed by atoms with Crippen LogP contribution in [0.25, 0.3) is 0 Å². The fourth-order valence-corrected chi connectivity index (χ4v) is 2.98. The third-order valence-corrected chi connectivity index (χ3v) is 4.45. The second-order valence-corrected chi connectivity index (χ2v) is 6.76. The molecule has 4 heteroatoms. The Hall–Kier alpha value is -3.27. The number of amides is 1. The SMILES string of the molecule is Nc1cccc(CCC(=O)Nc2ccc(OCCCc3ccccc3)cc2)c1. The molecule has 0 heterocycles. The zero-order valence-corrected chi connectivity index (χ0v) is 15.9. The summed E-state index contributed by atoms with van der Waals surface area (Å²) in [6, 6.07) is 25.5.